The maximum Gasteiger partial charge on any atom is 0.423 e. The Bertz CT molecular complexity index is 1520. The van der Waals surface area contributed by atoms with Crippen LogP contribution in [0.3, 0.4) is 0 Å². The van der Waals surface area contributed by atoms with Crippen LogP contribution in [0.15, 0.2) is 12.1 Å². The van der Waals surface area contributed by atoms with Gasteiger partial charge < -0.3 is 18.9 Å². The number of carbonyl (C=O) groups excluding carboxylic acids is 4. The van der Waals surface area contributed by atoms with Gasteiger partial charge in [-0.1, -0.05) is 124 Å². The molecule has 14 heteroatoms. The number of ether oxygens (including phenoxy) is 4. The van der Waals surface area contributed by atoms with Gasteiger partial charge in [-0.15, -0.1) is 0 Å². The third-order valence-electron chi connectivity index (χ3n) is 10.0. The van der Waals surface area contributed by atoms with E-state index in [1.807, 2.05) is 27.7 Å². The Balaban J connectivity index is 1.56. The summed E-state index contributed by atoms with van der Waals surface area (Å²) < 4.78 is 21.8. The van der Waals surface area contributed by atoms with Crippen LogP contribution >= 0.6 is 69.6 Å². The Labute approximate surface area is 309 Å². The third kappa shape index (κ3) is 7.54. The lowest BCUT2D eigenvalue weighted by Crippen LogP contribution is -2.28. The van der Waals surface area contributed by atoms with Crippen molar-refractivity contribution in [2.24, 2.45) is 34.5 Å². The van der Waals surface area contributed by atoms with Crippen LogP contribution in [0, 0.1) is 34.5 Å². The van der Waals surface area contributed by atoms with E-state index >= 15 is 0 Å². The molecule has 8 nitrogen and oxygen atoms in total. The molecular weight excluding hydrogens is 749 g/mol. The van der Waals surface area contributed by atoms with E-state index in [2.05, 4.69) is 13.8 Å². The fraction of sp³-hybridized carbons (Fsp3) is 0.529. The standard InChI is InChI=1S/C34H36Cl6O8/c1-7-17-11-33(17,15(3)4)13-45-29(41)23-25(39)19(35)9-21(37)27(23)47-31(43)32(44)48-28-22(38)10-20(36)26(40)24(28)30(42)46-14-34(16(5)6)12-18(34)8-2/h9-10,15-18H,7-8,11-14H2,1-6H3. The highest BCUT2D eigenvalue weighted by molar-refractivity contribution is 6.47. The molecule has 2 aliphatic rings. The molecule has 0 N–H and O–H groups in total. The molecule has 2 aromatic rings. The number of carbonyl (C=O) groups is 4. The summed E-state index contributed by atoms with van der Waals surface area (Å²) in [5.74, 6) is -5.13. The van der Waals surface area contributed by atoms with Gasteiger partial charge in [0.2, 0.25) is 0 Å². The van der Waals surface area contributed by atoms with Gasteiger partial charge in [0.1, 0.15) is 11.1 Å². The van der Waals surface area contributed by atoms with E-state index in [0.29, 0.717) is 11.8 Å². The second-order valence-electron chi connectivity index (χ2n) is 13.0. The Hall–Kier alpha value is -1.94. The van der Waals surface area contributed by atoms with Crippen LogP contribution in [0.5, 0.6) is 11.5 Å². The second-order valence-corrected chi connectivity index (χ2v) is 15.4. The van der Waals surface area contributed by atoms with Crippen molar-refractivity contribution >= 4 is 93.5 Å². The molecular formula is C34H36Cl6O8. The molecule has 0 bridgehead atoms. The van der Waals surface area contributed by atoms with Gasteiger partial charge >= 0.3 is 23.9 Å². The highest BCUT2D eigenvalue weighted by atomic mass is 35.5. The first-order chi connectivity index (χ1) is 22.4. The Morgan fingerprint density at radius 3 is 1.25 bits per heavy atom. The minimum atomic E-state index is -1.64. The Morgan fingerprint density at radius 1 is 0.646 bits per heavy atom. The van der Waals surface area contributed by atoms with Gasteiger partial charge in [0, 0.05) is 10.8 Å². The third-order valence-corrected chi connectivity index (χ3v) is 12.1. The molecule has 4 unspecified atom stereocenters. The van der Waals surface area contributed by atoms with Gasteiger partial charge in [0.25, 0.3) is 0 Å². The van der Waals surface area contributed by atoms with Gasteiger partial charge in [-0.05, 0) is 48.6 Å². The van der Waals surface area contributed by atoms with Crippen LogP contribution in [0.25, 0.3) is 0 Å². The van der Waals surface area contributed by atoms with E-state index in [9.17, 15) is 19.2 Å². The molecule has 0 aliphatic heterocycles. The van der Waals surface area contributed by atoms with E-state index in [4.69, 9.17) is 88.6 Å². The molecule has 4 rings (SSSR count). The summed E-state index contributed by atoms with van der Waals surface area (Å²) >= 11 is 37.7. The van der Waals surface area contributed by atoms with Gasteiger partial charge in [0.15, 0.2) is 11.5 Å². The van der Waals surface area contributed by atoms with Crippen molar-refractivity contribution in [3.8, 4) is 11.5 Å². The topological polar surface area (TPSA) is 105 Å². The fourth-order valence-corrected chi connectivity index (χ4v) is 7.98. The smallest absolute Gasteiger partial charge is 0.423 e. The van der Waals surface area contributed by atoms with Crippen molar-refractivity contribution in [3.63, 3.8) is 0 Å². The fourth-order valence-electron chi connectivity index (χ4n) is 6.54. The summed E-state index contributed by atoms with van der Waals surface area (Å²) in [6, 6.07) is 2.27. The molecule has 0 radical (unpaired) electrons. The zero-order valence-electron chi connectivity index (χ0n) is 27.2. The largest absolute Gasteiger partial charge is 0.461 e. The second kappa shape index (κ2) is 15.1. The van der Waals surface area contributed by atoms with Crippen molar-refractivity contribution in [1.82, 2.24) is 0 Å². The van der Waals surface area contributed by atoms with Gasteiger partial charge in [0.05, 0.1) is 43.3 Å². The van der Waals surface area contributed by atoms with Crippen LogP contribution in [-0.4, -0.2) is 37.1 Å². The highest BCUT2D eigenvalue weighted by Crippen LogP contribution is 2.60. The number of benzene rings is 2. The average Bonchev–Trinajstić information content (AvgIpc) is 3.94. The van der Waals surface area contributed by atoms with Crippen molar-refractivity contribution in [3.05, 3.63) is 53.4 Å². The first kappa shape index (κ1) is 38.9. The zero-order valence-corrected chi connectivity index (χ0v) is 31.8. The molecule has 2 aliphatic carbocycles. The summed E-state index contributed by atoms with van der Waals surface area (Å²) in [5.41, 5.74) is -1.32. The van der Waals surface area contributed by atoms with Crippen molar-refractivity contribution < 1.29 is 38.1 Å². The molecule has 0 aromatic heterocycles. The molecule has 0 amide bonds. The van der Waals surface area contributed by atoms with E-state index in [1.54, 1.807) is 0 Å². The minimum absolute atomic E-state index is 0.0873. The predicted molar refractivity (Wildman–Crippen MR) is 186 cm³/mol. The lowest BCUT2D eigenvalue weighted by atomic mass is 9.90. The normalized spacial score (nSPS) is 22.8. The Kier molecular flexibility index (Phi) is 12.2. The number of hydrogen-bond acceptors (Lipinski definition) is 8. The maximum atomic E-state index is 13.3. The lowest BCUT2D eigenvalue weighted by Gasteiger charge is -2.22. The highest BCUT2D eigenvalue weighted by Gasteiger charge is 2.56. The van der Waals surface area contributed by atoms with E-state index in [-0.39, 0.29) is 66.0 Å². The minimum Gasteiger partial charge on any atom is -0.461 e. The first-order valence-corrected chi connectivity index (χ1v) is 17.9. The molecule has 2 saturated carbocycles. The Morgan fingerprint density at radius 2 is 0.979 bits per heavy atom. The summed E-state index contributed by atoms with van der Waals surface area (Å²) in [5, 5.41) is -1.46. The van der Waals surface area contributed by atoms with Crippen molar-refractivity contribution in [2.45, 2.75) is 67.2 Å². The number of halogens is 6. The first-order valence-electron chi connectivity index (χ1n) is 15.6. The van der Waals surface area contributed by atoms with Gasteiger partial charge in [-0.2, -0.15) is 0 Å². The van der Waals surface area contributed by atoms with Crippen LogP contribution in [0.4, 0.5) is 0 Å². The zero-order chi connectivity index (χ0) is 35.9. The van der Waals surface area contributed by atoms with Crippen LogP contribution in [0.2, 0.25) is 30.1 Å². The SMILES string of the molecule is CCC1CC1(COC(=O)c1c(Cl)c(Cl)cc(Cl)c1OC(=O)C(=O)Oc1c(Cl)cc(Cl)c(Cl)c1C(=O)OCC1(C(C)C)CC1CC)C(C)C. The quantitative estimate of drug-likeness (QED) is 0.0907. The molecule has 262 valence electrons. The van der Waals surface area contributed by atoms with Crippen LogP contribution in [0.1, 0.15) is 87.9 Å². The van der Waals surface area contributed by atoms with Crippen molar-refractivity contribution in [2.75, 3.05) is 13.2 Å². The van der Waals surface area contributed by atoms with Crippen LogP contribution < -0.4 is 9.47 Å². The summed E-state index contributed by atoms with van der Waals surface area (Å²) in [6.45, 7) is 12.5. The summed E-state index contributed by atoms with van der Waals surface area (Å²) in [7, 11) is 0. The lowest BCUT2D eigenvalue weighted by molar-refractivity contribution is -0.156. The summed E-state index contributed by atoms with van der Waals surface area (Å²) in [6.07, 6.45) is 3.61. The molecule has 48 heavy (non-hydrogen) atoms. The summed E-state index contributed by atoms with van der Waals surface area (Å²) in [4.78, 5) is 52.9. The van der Waals surface area contributed by atoms with Crippen molar-refractivity contribution in [1.29, 1.82) is 0 Å². The predicted octanol–water partition coefficient (Wildman–Crippen LogP) is 10.6. The van der Waals surface area contributed by atoms with E-state index < -0.39 is 46.5 Å². The van der Waals surface area contributed by atoms with E-state index in [1.165, 1.54) is 0 Å². The monoisotopic (exact) mass is 782 g/mol. The number of hydrogen-bond donors (Lipinski definition) is 0. The van der Waals surface area contributed by atoms with Gasteiger partial charge in [-0.25, -0.2) is 19.2 Å². The molecule has 2 aromatic carbocycles. The average molecular weight is 785 g/mol. The molecule has 0 saturated heterocycles. The molecule has 0 heterocycles. The van der Waals surface area contributed by atoms with E-state index in [0.717, 1.165) is 37.8 Å². The number of rotatable bonds is 12. The molecule has 0 spiro atoms. The maximum absolute atomic E-state index is 13.3. The van der Waals surface area contributed by atoms with Crippen LogP contribution in [-0.2, 0) is 19.1 Å². The van der Waals surface area contributed by atoms with Gasteiger partial charge in [-0.3, -0.25) is 0 Å². The number of esters is 4. The molecule has 4 atom stereocenters. The molecule has 2 fully saturated rings.